The number of nitrogens with zero attached hydrogens (tertiary/aromatic N) is 3. The molecule has 31 heavy (non-hydrogen) atoms. The Kier molecular flexibility index (Phi) is 4.27. The van der Waals surface area contributed by atoms with Crippen molar-refractivity contribution in [1.29, 1.82) is 0 Å². The molecule has 6 rings (SSSR count). The lowest BCUT2D eigenvalue weighted by molar-refractivity contribution is 0.369. The Labute approximate surface area is 180 Å². The van der Waals surface area contributed by atoms with Gasteiger partial charge in [0, 0.05) is 35.1 Å². The van der Waals surface area contributed by atoms with Gasteiger partial charge in [0.1, 0.15) is 23.7 Å². The van der Waals surface area contributed by atoms with Gasteiger partial charge in [0.2, 0.25) is 0 Å². The fourth-order valence-electron chi connectivity index (χ4n) is 4.10. The third-order valence-electron chi connectivity index (χ3n) is 5.99. The molecule has 2 aliphatic heterocycles. The fourth-order valence-corrected chi connectivity index (χ4v) is 4.10. The molecule has 1 fully saturated rings. The van der Waals surface area contributed by atoms with Crippen LogP contribution in [0.25, 0.3) is 10.9 Å². The number of aromatic nitrogens is 2. The van der Waals surface area contributed by atoms with E-state index in [-0.39, 0.29) is 0 Å². The molecule has 1 radical (unpaired) electrons. The van der Waals surface area contributed by atoms with Crippen LogP contribution >= 0.6 is 0 Å². The summed E-state index contributed by atoms with van der Waals surface area (Å²) in [4.78, 5) is 13.7. The van der Waals surface area contributed by atoms with Gasteiger partial charge in [-0.15, -0.1) is 0 Å². The third kappa shape index (κ3) is 3.36. The zero-order valence-electron chi connectivity index (χ0n) is 16.9. The molecule has 1 aliphatic carbocycles. The highest BCUT2D eigenvalue weighted by molar-refractivity contribution is 6.02. The van der Waals surface area contributed by atoms with Crippen molar-refractivity contribution in [3.63, 3.8) is 0 Å². The first-order chi connectivity index (χ1) is 15.3. The molecule has 4 heterocycles. The minimum atomic E-state index is 0.614. The molecule has 0 atom stereocenters. The quantitative estimate of drug-likeness (QED) is 0.594. The minimum absolute atomic E-state index is 0.614. The number of fused-ring (bicyclic) bond motifs is 2. The summed E-state index contributed by atoms with van der Waals surface area (Å²) in [5.74, 6) is 2.84. The summed E-state index contributed by atoms with van der Waals surface area (Å²) in [6.07, 6.45) is 12.9. The molecule has 6 nitrogen and oxygen atoms in total. The van der Waals surface area contributed by atoms with Gasteiger partial charge in [-0.3, -0.25) is 0 Å². The fraction of sp³-hybridized carbons (Fsp3) is 0.160. The summed E-state index contributed by atoms with van der Waals surface area (Å²) in [6, 6.07) is 16.0. The molecule has 0 amide bonds. The molecule has 151 valence electrons. The van der Waals surface area contributed by atoms with E-state index in [0.717, 1.165) is 39.4 Å². The first-order valence-corrected chi connectivity index (χ1v) is 10.6. The van der Waals surface area contributed by atoms with Crippen LogP contribution in [0.1, 0.15) is 24.8 Å². The molecule has 0 spiro atoms. The van der Waals surface area contributed by atoms with Gasteiger partial charge in [0.05, 0.1) is 11.2 Å². The third-order valence-corrected chi connectivity index (χ3v) is 5.99. The van der Waals surface area contributed by atoms with Crippen LogP contribution in [0.5, 0.6) is 0 Å². The van der Waals surface area contributed by atoms with Crippen LogP contribution in [0.3, 0.4) is 0 Å². The topological polar surface area (TPSA) is 74.2 Å². The summed E-state index contributed by atoms with van der Waals surface area (Å²) in [7, 11) is 0. The predicted molar refractivity (Wildman–Crippen MR) is 122 cm³/mol. The maximum absolute atomic E-state index is 4.67. The van der Waals surface area contributed by atoms with Crippen molar-refractivity contribution < 1.29 is 0 Å². The van der Waals surface area contributed by atoms with Crippen LogP contribution < -0.4 is 16.0 Å². The standard InChI is InChI=1S/C25H21N6/c1-2-7-21-17(4-1)8-9-23(29-21)31-24-12-18(10-11-27-24)25-28-14-20-19(16-5-3-6-16)13-26-15-22(20)30-25/h1-2,4,7-13,15-16,26H,3,5-6H2,(H,28,30)(H,27,29,31). The molecule has 6 heteroatoms. The number of aliphatic imine (C=N–C) groups is 1. The van der Waals surface area contributed by atoms with Crippen molar-refractivity contribution >= 4 is 28.4 Å². The van der Waals surface area contributed by atoms with E-state index in [9.17, 15) is 0 Å². The van der Waals surface area contributed by atoms with E-state index in [1.165, 1.54) is 24.8 Å². The van der Waals surface area contributed by atoms with E-state index in [2.05, 4.69) is 55.4 Å². The molecule has 3 aromatic rings. The molecule has 1 aromatic carbocycles. The Hall–Kier alpha value is -3.93. The molecule has 0 unspecified atom stereocenters. The molecule has 0 bridgehead atoms. The van der Waals surface area contributed by atoms with Crippen molar-refractivity contribution in [2.24, 2.45) is 10.9 Å². The Bertz CT molecular complexity index is 1300. The molecule has 2 aromatic heterocycles. The van der Waals surface area contributed by atoms with Crippen molar-refractivity contribution in [3.05, 3.63) is 95.7 Å². The largest absolute Gasteiger partial charge is 0.366 e. The number of hydrogen-bond donors (Lipinski definition) is 3. The van der Waals surface area contributed by atoms with Gasteiger partial charge in [-0.2, -0.15) is 0 Å². The SMILES string of the molecule is [C]1=C2C(=CNC=C2C2CCC2)NC(c2ccnc(Nc3ccc4ccccc4n3)c2)=N1. The summed E-state index contributed by atoms with van der Waals surface area (Å²) in [6.45, 7) is 0. The number of rotatable bonds is 4. The van der Waals surface area contributed by atoms with Gasteiger partial charge in [-0.25, -0.2) is 15.0 Å². The van der Waals surface area contributed by atoms with E-state index in [0.29, 0.717) is 11.7 Å². The Morgan fingerprint density at radius 1 is 1.00 bits per heavy atom. The monoisotopic (exact) mass is 405 g/mol. The van der Waals surface area contributed by atoms with Gasteiger partial charge in [-0.1, -0.05) is 24.6 Å². The second-order valence-electron chi connectivity index (χ2n) is 7.97. The van der Waals surface area contributed by atoms with Gasteiger partial charge < -0.3 is 16.0 Å². The molecule has 3 N–H and O–H groups in total. The van der Waals surface area contributed by atoms with Crippen LogP contribution in [0, 0.1) is 12.1 Å². The van der Waals surface area contributed by atoms with Crippen LogP contribution in [0.2, 0.25) is 0 Å². The average Bonchev–Trinajstić information content (AvgIpc) is 2.78. The normalized spacial score (nSPS) is 17.8. The number of dihydropyridines is 1. The number of amidine groups is 1. The first kappa shape index (κ1) is 17.9. The van der Waals surface area contributed by atoms with E-state index < -0.39 is 0 Å². The number of para-hydroxylation sites is 1. The summed E-state index contributed by atoms with van der Waals surface area (Å²) >= 11 is 0. The van der Waals surface area contributed by atoms with E-state index in [1.54, 1.807) is 6.20 Å². The van der Waals surface area contributed by atoms with E-state index in [1.807, 2.05) is 42.6 Å². The van der Waals surface area contributed by atoms with E-state index in [4.69, 9.17) is 0 Å². The average molecular weight is 405 g/mol. The number of benzene rings is 1. The number of anilines is 2. The molecule has 0 saturated heterocycles. The van der Waals surface area contributed by atoms with Crippen LogP contribution in [0.15, 0.2) is 89.0 Å². The number of nitrogens with one attached hydrogen (secondary N) is 3. The summed E-state index contributed by atoms with van der Waals surface area (Å²) in [5, 5.41) is 11.1. The molecular weight excluding hydrogens is 384 g/mol. The van der Waals surface area contributed by atoms with Crippen LogP contribution in [0.4, 0.5) is 11.6 Å². The Morgan fingerprint density at radius 3 is 2.84 bits per heavy atom. The smallest absolute Gasteiger partial charge is 0.138 e. The maximum atomic E-state index is 4.67. The van der Waals surface area contributed by atoms with E-state index >= 15 is 0 Å². The maximum Gasteiger partial charge on any atom is 0.138 e. The van der Waals surface area contributed by atoms with Gasteiger partial charge in [0.25, 0.3) is 0 Å². The predicted octanol–water partition coefficient (Wildman–Crippen LogP) is 4.54. The van der Waals surface area contributed by atoms with Gasteiger partial charge in [0.15, 0.2) is 0 Å². The zero-order chi connectivity index (χ0) is 20.6. The molecular formula is C25H21N6. The zero-order valence-corrected chi connectivity index (χ0v) is 16.9. The lowest BCUT2D eigenvalue weighted by Crippen LogP contribution is -2.33. The van der Waals surface area contributed by atoms with Crippen LogP contribution in [-0.4, -0.2) is 15.8 Å². The van der Waals surface area contributed by atoms with Crippen LogP contribution in [-0.2, 0) is 0 Å². The van der Waals surface area contributed by atoms with Crippen molar-refractivity contribution in [2.75, 3.05) is 5.32 Å². The van der Waals surface area contributed by atoms with Crippen molar-refractivity contribution in [3.8, 4) is 0 Å². The van der Waals surface area contributed by atoms with Crippen molar-refractivity contribution in [1.82, 2.24) is 20.6 Å². The Morgan fingerprint density at radius 2 is 1.94 bits per heavy atom. The number of allylic oxidation sites excluding steroid dienone is 1. The second-order valence-corrected chi connectivity index (χ2v) is 7.97. The molecule has 3 aliphatic rings. The number of pyridine rings is 2. The first-order valence-electron chi connectivity index (χ1n) is 10.6. The summed E-state index contributed by atoms with van der Waals surface area (Å²) < 4.78 is 0. The molecule has 1 saturated carbocycles. The lowest BCUT2D eigenvalue weighted by atomic mass is 9.76. The van der Waals surface area contributed by atoms with Gasteiger partial charge >= 0.3 is 0 Å². The minimum Gasteiger partial charge on any atom is -0.366 e. The highest BCUT2D eigenvalue weighted by Crippen LogP contribution is 2.39. The highest BCUT2D eigenvalue weighted by atomic mass is 15.1. The van der Waals surface area contributed by atoms with Crippen molar-refractivity contribution in [2.45, 2.75) is 19.3 Å². The number of hydrogen-bond acceptors (Lipinski definition) is 6. The Balaban J connectivity index is 1.26. The lowest BCUT2D eigenvalue weighted by Gasteiger charge is -2.33. The highest BCUT2D eigenvalue weighted by Gasteiger charge is 2.29. The second kappa shape index (κ2) is 7.40. The van der Waals surface area contributed by atoms with Gasteiger partial charge in [-0.05, 0) is 54.7 Å². The summed E-state index contributed by atoms with van der Waals surface area (Å²) in [5.41, 5.74) is 5.27.